The average molecular weight is 948 g/mol. The summed E-state index contributed by atoms with van der Waals surface area (Å²) in [6.07, 6.45) is 58.1. The van der Waals surface area contributed by atoms with Crippen LogP contribution in [0.2, 0.25) is 0 Å². The van der Waals surface area contributed by atoms with E-state index in [0.29, 0.717) is 19.3 Å². The number of esters is 3. The molecule has 0 rings (SSSR count). The average Bonchev–Trinajstić information content (AvgIpc) is 3.31. The fourth-order valence-electron chi connectivity index (χ4n) is 9.37. The van der Waals surface area contributed by atoms with Crippen LogP contribution in [0.15, 0.2) is 0 Å². The van der Waals surface area contributed by atoms with E-state index in [4.69, 9.17) is 14.2 Å². The zero-order chi connectivity index (χ0) is 48.9. The van der Waals surface area contributed by atoms with Crippen molar-refractivity contribution in [2.45, 2.75) is 349 Å². The number of carbonyl (C=O) groups is 3. The van der Waals surface area contributed by atoms with Crippen molar-refractivity contribution in [3.63, 3.8) is 0 Å². The Balaban J connectivity index is 4.24. The molecule has 0 spiro atoms. The van der Waals surface area contributed by atoms with E-state index in [1.54, 1.807) is 0 Å². The Morgan fingerprint density at radius 2 is 0.567 bits per heavy atom. The molecule has 1 unspecified atom stereocenters. The molecule has 0 heterocycles. The highest BCUT2D eigenvalue weighted by atomic mass is 16.6. The first-order chi connectivity index (χ1) is 32.8. The van der Waals surface area contributed by atoms with Gasteiger partial charge in [0.1, 0.15) is 13.2 Å². The minimum Gasteiger partial charge on any atom is -0.462 e. The van der Waals surface area contributed by atoms with E-state index in [0.717, 1.165) is 69.6 Å². The van der Waals surface area contributed by atoms with Gasteiger partial charge >= 0.3 is 17.9 Å². The predicted octanol–water partition coefficient (Wildman–Crippen LogP) is 20.0. The van der Waals surface area contributed by atoms with Gasteiger partial charge < -0.3 is 14.2 Å². The normalized spacial score (nSPS) is 12.4. The second-order valence-corrected chi connectivity index (χ2v) is 21.7. The van der Waals surface area contributed by atoms with Gasteiger partial charge in [0.25, 0.3) is 0 Å². The van der Waals surface area contributed by atoms with Gasteiger partial charge in [-0.25, -0.2) is 0 Å². The zero-order valence-corrected chi connectivity index (χ0v) is 46.0. The quantitative estimate of drug-likeness (QED) is 0.0343. The van der Waals surface area contributed by atoms with Crippen molar-refractivity contribution < 1.29 is 28.6 Å². The lowest BCUT2D eigenvalue weighted by Crippen LogP contribution is -2.30. The van der Waals surface area contributed by atoms with Gasteiger partial charge in [0.05, 0.1) is 0 Å². The molecule has 0 aliphatic heterocycles. The van der Waals surface area contributed by atoms with Crippen molar-refractivity contribution in [1.82, 2.24) is 0 Å². The van der Waals surface area contributed by atoms with Gasteiger partial charge in [0, 0.05) is 19.3 Å². The van der Waals surface area contributed by atoms with Crippen LogP contribution in [0.25, 0.3) is 0 Å². The monoisotopic (exact) mass is 947 g/mol. The number of ether oxygens (including phenoxy) is 3. The van der Waals surface area contributed by atoms with Crippen LogP contribution < -0.4 is 0 Å². The van der Waals surface area contributed by atoms with Crippen LogP contribution in [0.3, 0.4) is 0 Å². The predicted molar refractivity (Wildman–Crippen MR) is 289 cm³/mol. The first-order valence-corrected chi connectivity index (χ1v) is 30.3. The van der Waals surface area contributed by atoms with Crippen molar-refractivity contribution in [3.05, 3.63) is 0 Å². The van der Waals surface area contributed by atoms with Crippen LogP contribution in [0.1, 0.15) is 343 Å². The highest BCUT2D eigenvalue weighted by molar-refractivity contribution is 5.71. The summed E-state index contributed by atoms with van der Waals surface area (Å²) in [5, 5.41) is 0. The molecule has 0 aliphatic carbocycles. The fraction of sp³-hybridized carbons (Fsp3) is 0.951. The van der Waals surface area contributed by atoms with Gasteiger partial charge in [-0.1, -0.05) is 304 Å². The summed E-state index contributed by atoms with van der Waals surface area (Å²) in [6.45, 7) is 11.4. The second-order valence-electron chi connectivity index (χ2n) is 21.7. The summed E-state index contributed by atoms with van der Waals surface area (Å²) < 4.78 is 16.9. The van der Waals surface area contributed by atoms with E-state index in [-0.39, 0.29) is 31.1 Å². The minimum atomic E-state index is -0.763. The lowest BCUT2D eigenvalue weighted by atomic mass is 9.99. The Morgan fingerprint density at radius 1 is 0.313 bits per heavy atom. The third kappa shape index (κ3) is 53.6. The minimum absolute atomic E-state index is 0.0626. The Bertz CT molecular complexity index is 1030. The third-order valence-electron chi connectivity index (χ3n) is 14.3. The molecule has 6 heteroatoms. The molecule has 0 aromatic carbocycles. The highest BCUT2D eigenvalue weighted by Crippen LogP contribution is 2.19. The Morgan fingerprint density at radius 3 is 0.851 bits per heavy atom. The van der Waals surface area contributed by atoms with Crippen LogP contribution in [-0.2, 0) is 28.6 Å². The van der Waals surface area contributed by atoms with Crippen LogP contribution in [0, 0.1) is 11.8 Å². The van der Waals surface area contributed by atoms with E-state index >= 15 is 0 Å². The fourth-order valence-corrected chi connectivity index (χ4v) is 9.37. The van der Waals surface area contributed by atoms with E-state index in [9.17, 15) is 14.4 Å². The van der Waals surface area contributed by atoms with Crippen LogP contribution in [0.4, 0.5) is 0 Å². The second kappa shape index (κ2) is 53.8. The van der Waals surface area contributed by atoms with Crippen LogP contribution in [-0.4, -0.2) is 37.2 Å². The maximum Gasteiger partial charge on any atom is 0.306 e. The summed E-state index contributed by atoms with van der Waals surface area (Å²) in [5.41, 5.74) is 0. The van der Waals surface area contributed by atoms with Gasteiger partial charge in [-0.15, -0.1) is 0 Å². The molecule has 0 aliphatic rings. The van der Waals surface area contributed by atoms with Gasteiger partial charge in [-0.05, 0) is 31.1 Å². The molecule has 0 amide bonds. The highest BCUT2D eigenvalue weighted by Gasteiger charge is 2.19. The Hall–Kier alpha value is -1.59. The molecular formula is C61H118O6. The first kappa shape index (κ1) is 65.4. The van der Waals surface area contributed by atoms with Gasteiger partial charge in [0.2, 0.25) is 0 Å². The van der Waals surface area contributed by atoms with Crippen LogP contribution in [0.5, 0.6) is 0 Å². The molecule has 2 atom stereocenters. The smallest absolute Gasteiger partial charge is 0.306 e. The lowest BCUT2D eigenvalue weighted by Gasteiger charge is -2.18. The standard InChI is InChI=1S/C61H118O6/c1-6-8-9-10-11-12-13-14-19-23-26-31-36-41-46-51-59(62)65-54-58(55-66-60(63)52-47-42-37-33-28-29-34-39-44-49-56(3)4)67-61(64)53-48-43-38-32-27-24-21-18-16-15-17-20-22-25-30-35-40-45-50-57(5)7-2/h56-58H,6-55H2,1-5H3/t57?,58-/m0/s1. The molecule has 6 nitrogen and oxygen atoms in total. The van der Waals surface area contributed by atoms with E-state index in [1.807, 2.05) is 0 Å². The largest absolute Gasteiger partial charge is 0.462 e. The number of hydrogen-bond donors (Lipinski definition) is 0. The summed E-state index contributed by atoms with van der Waals surface area (Å²) in [4.78, 5) is 38.2. The number of carbonyl (C=O) groups excluding carboxylic acids is 3. The van der Waals surface area contributed by atoms with Crippen molar-refractivity contribution >= 4 is 17.9 Å². The van der Waals surface area contributed by atoms with Gasteiger partial charge in [0.15, 0.2) is 6.10 Å². The zero-order valence-electron chi connectivity index (χ0n) is 46.0. The van der Waals surface area contributed by atoms with Gasteiger partial charge in [-0.3, -0.25) is 14.4 Å². The molecule has 0 N–H and O–H groups in total. The topological polar surface area (TPSA) is 78.9 Å². The number of rotatable bonds is 55. The van der Waals surface area contributed by atoms with E-state index in [2.05, 4.69) is 34.6 Å². The summed E-state index contributed by atoms with van der Waals surface area (Å²) in [6, 6.07) is 0. The molecule has 0 aromatic heterocycles. The molecular weight excluding hydrogens is 829 g/mol. The molecule has 0 radical (unpaired) electrons. The molecule has 0 fully saturated rings. The van der Waals surface area contributed by atoms with Crippen molar-refractivity contribution in [2.24, 2.45) is 11.8 Å². The van der Waals surface area contributed by atoms with Crippen molar-refractivity contribution in [3.8, 4) is 0 Å². The lowest BCUT2D eigenvalue weighted by molar-refractivity contribution is -0.167. The Kier molecular flexibility index (Phi) is 52.5. The van der Waals surface area contributed by atoms with Crippen molar-refractivity contribution in [1.29, 1.82) is 0 Å². The maximum atomic E-state index is 12.9. The summed E-state index contributed by atoms with van der Waals surface area (Å²) in [7, 11) is 0. The molecule has 67 heavy (non-hydrogen) atoms. The number of unbranched alkanes of at least 4 members (excludes halogenated alkanes) is 39. The van der Waals surface area contributed by atoms with E-state index < -0.39 is 6.10 Å². The number of hydrogen-bond acceptors (Lipinski definition) is 6. The molecule has 398 valence electrons. The van der Waals surface area contributed by atoms with E-state index in [1.165, 1.54) is 231 Å². The van der Waals surface area contributed by atoms with Crippen molar-refractivity contribution in [2.75, 3.05) is 13.2 Å². The first-order valence-electron chi connectivity index (χ1n) is 30.3. The summed E-state index contributed by atoms with van der Waals surface area (Å²) in [5.74, 6) is 0.880. The summed E-state index contributed by atoms with van der Waals surface area (Å²) >= 11 is 0. The molecule has 0 bridgehead atoms. The van der Waals surface area contributed by atoms with Gasteiger partial charge in [-0.2, -0.15) is 0 Å². The SMILES string of the molecule is CCCCCCCCCCCCCCCCCC(=O)OC[C@@H](COC(=O)CCCCCCCCCCCC(C)C)OC(=O)CCCCCCCCCCCCCCCCCCCCC(C)CC. The molecule has 0 aromatic rings. The van der Waals surface area contributed by atoms with Crippen LogP contribution >= 0.6 is 0 Å². The third-order valence-corrected chi connectivity index (χ3v) is 14.3. The molecule has 0 saturated carbocycles. The maximum absolute atomic E-state index is 12.9. The Labute approximate surface area is 418 Å². The molecule has 0 saturated heterocycles.